The summed E-state index contributed by atoms with van der Waals surface area (Å²) >= 11 is 0. The molecule has 0 atom stereocenters. The lowest BCUT2D eigenvalue weighted by Gasteiger charge is -2.06. The molecule has 1 aromatic heterocycles. The van der Waals surface area contributed by atoms with E-state index in [0.717, 1.165) is 23.5 Å². The quantitative estimate of drug-likeness (QED) is 0.869. The lowest BCUT2D eigenvalue weighted by molar-refractivity contribution is 0.0442. The highest BCUT2D eigenvalue weighted by Crippen LogP contribution is 2.11. The van der Waals surface area contributed by atoms with E-state index >= 15 is 0 Å². The maximum atomic E-state index is 11.9. The van der Waals surface area contributed by atoms with E-state index in [1.165, 1.54) is 0 Å². The topological polar surface area (TPSA) is 76.7 Å². The zero-order valence-electron chi connectivity index (χ0n) is 11.2. The summed E-state index contributed by atoms with van der Waals surface area (Å²) in [6, 6.07) is 6.49. The number of carbonyl (C=O) groups is 1. The van der Waals surface area contributed by atoms with Gasteiger partial charge in [-0.15, -0.1) is 0 Å². The molecule has 0 aliphatic rings. The molecular weight excluding hydrogens is 260 g/mol. The van der Waals surface area contributed by atoms with E-state index in [9.17, 15) is 9.59 Å². The third-order valence-electron chi connectivity index (χ3n) is 2.67. The SMILES string of the molecule is Cc1cc(C)cc(C(=O)OCc2cc(=O)c(O)co2)c1. The number of hydrogen-bond acceptors (Lipinski definition) is 5. The van der Waals surface area contributed by atoms with Gasteiger partial charge in [-0.2, -0.15) is 0 Å². The number of benzene rings is 1. The molecule has 0 radical (unpaired) electrons. The van der Waals surface area contributed by atoms with E-state index in [2.05, 4.69) is 0 Å². The summed E-state index contributed by atoms with van der Waals surface area (Å²) in [5.74, 6) is -0.799. The van der Waals surface area contributed by atoms with Crippen LogP contribution in [0.1, 0.15) is 27.2 Å². The Morgan fingerprint density at radius 1 is 1.20 bits per heavy atom. The van der Waals surface area contributed by atoms with Crippen LogP contribution in [0, 0.1) is 13.8 Å². The second-order valence-electron chi connectivity index (χ2n) is 4.55. The van der Waals surface area contributed by atoms with Gasteiger partial charge in [-0.25, -0.2) is 4.79 Å². The zero-order chi connectivity index (χ0) is 14.7. The van der Waals surface area contributed by atoms with Crippen LogP contribution in [0.15, 0.2) is 39.7 Å². The molecule has 2 aromatic rings. The van der Waals surface area contributed by atoms with Crippen molar-refractivity contribution in [1.82, 2.24) is 0 Å². The average molecular weight is 274 g/mol. The first-order valence-corrected chi connectivity index (χ1v) is 6.02. The normalized spacial score (nSPS) is 10.3. The van der Waals surface area contributed by atoms with Crippen LogP contribution in [-0.4, -0.2) is 11.1 Å². The molecule has 104 valence electrons. The Hall–Kier alpha value is -2.56. The zero-order valence-corrected chi connectivity index (χ0v) is 11.2. The van der Waals surface area contributed by atoms with Crippen molar-refractivity contribution in [3.05, 3.63) is 63.2 Å². The van der Waals surface area contributed by atoms with Gasteiger partial charge in [0.05, 0.1) is 5.56 Å². The van der Waals surface area contributed by atoms with Crippen LogP contribution in [0.4, 0.5) is 0 Å². The molecule has 0 spiro atoms. The highest BCUT2D eigenvalue weighted by atomic mass is 16.5. The van der Waals surface area contributed by atoms with Gasteiger partial charge in [0.15, 0.2) is 5.75 Å². The molecule has 1 N–H and O–H groups in total. The van der Waals surface area contributed by atoms with Gasteiger partial charge >= 0.3 is 5.97 Å². The molecular formula is C15H14O5. The Bertz CT molecular complexity index is 679. The van der Waals surface area contributed by atoms with Crippen LogP contribution in [-0.2, 0) is 11.3 Å². The molecule has 0 amide bonds. The predicted molar refractivity (Wildman–Crippen MR) is 71.7 cm³/mol. The summed E-state index contributed by atoms with van der Waals surface area (Å²) in [6.07, 6.45) is 0.919. The smallest absolute Gasteiger partial charge is 0.338 e. The molecule has 5 nitrogen and oxygen atoms in total. The van der Waals surface area contributed by atoms with E-state index < -0.39 is 17.1 Å². The molecule has 0 unspecified atom stereocenters. The molecule has 0 saturated carbocycles. The maximum Gasteiger partial charge on any atom is 0.338 e. The fourth-order valence-corrected chi connectivity index (χ4v) is 1.83. The van der Waals surface area contributed by atoms with Gasteiger partial charge in [0.2, 0.25) is 5.43 Å². The lowest BCUT2D eigenvalue weighted by atomic mass is 10.1. The van der Waals surface area contributed by atoms with Gasteiger partial charge in [0.25, 0.3) is 0 Å². The molecule has 5 heteroatoms. The summed E-state index contributed by atoms with van der Waals surface area (Å²) < 4.78 is 10.0. The molecule has 0 aliphatic heterocycles. The Balaban J connectivity index is 2.08. The van der Waals surface area contributed by atoms with Gasteiger partial charge in [-0.05, 0) is 26.0 Å². The second-order valence-corrected chi connectivity index (χ2v) is 4.55. The van der Waals surface area contributed by atoms with Gasteiger partial charge in [-0.3, -0.25) is 4.79 Å². The first-order chi connectivity index (χ1) is 9.45. The molecule has 1 aromatic carbocycles. The first kappa shape index (κ1) is 13.9. The van der Waals surface area contributed by atoms with Gasteiger partial charge in [0, 0.05) is 6.07 Å². The lowest BCUT2D eigenvalue weighted by Crippen LogP contribution is -2.08. The van der Waals surface area contributed by atoms with Crippen molar-refractivity contribution < 1.29 is 19.1 Å². The third kappa shape index (κ3) is 3.26. The minimum absolute atomic E-state index is 0.165. The fourth-order valence-electron chi connectivity index (χ4n) is 1.83. The number of carbonyl (C=O) groups excluding carboxylic acids is 1. The highest BCUT2D eigenvalue weighted by Gasteiger charge is 2.10. The van der Waals surface area contributed by atoms with Crippen molar-refractivity contribution in [3.8, 4) is 5.75 Å². The van der Waals surface area contributed by atoms with E-state index in [1.54, 1.807) is 12.1 Å². The predicted octanol–water partition coefficient (Wildman–Crippen LogP) is 2.32. The second kappa shape index (κ2) is 5.61. The number of rotatable bonds is 3. The molecule has 0 aliphatic carbocycles. The van der Waals surface area contributed by atoms with Crippen molar-refractivity contribution in [3.63, 3.8) is 0 Å². The Morgan fingerprint density at radius 3 is 2.45 bits per heavy atom. The summed E-state index contributed by atoms with van der Waals surface area (Å²) in [4.78, 5) is 23.1. The van der Waals surface area contributed by atoms with Crippen LogP contribution in [0.2, 0.25) is 0 Å². The van der Waals surface area contributed by atoms with Crippen LogP contribution in [0.25, 0.3) is 0 Å². The van der Waals surface area contributed by atoms with E-state index in [-0.39, 0.29) is 12.4 Å². The number of esters is 1. The maximum absolute atomic E-state index is 11.9. The van der Waals surface area contributed by atoms with Gasteiger partial charge < -0.3 is 14.3 Å². The molecule has 0 bridgehead atoms. The Kier molecular flexibility index (Phi) is 3.89. The Morgan fingerprint density at radius 2 is 1.85 bits per heavy atom. The van der Waals surface area contributed by atoms with Crippen molar-refractivity contribution in [1.29, 1.82) is 0 Å². The average Bonchev–Trinajstić information content (AvgIpc) is 2.38. The number of aromatic hydroxyl groups is 1. The first-order valence-electron chi connectivity index (χ1n) is 6.02. The fraction of sp³-hybridized carbons (Fsp3) is 0.200. The van der Waals surface area contributed by atoms with Crippen LogP contribution >= 0.6 is 0 Å². The number of hydrogen-bond donors (Lipinski definition) is 1. The monoisotopic (exact) mass is 274 g/mol. The highest BCUT2D eigenvalue weighted by molar-refractivity contribution is 5.89. The molecule has 1 heterocycles. The largest absolute Gasteiger partial charge is 0.502 e. The minimum atomic E-state index is -0.575. The summed E-state index contributed by atoms with van der Waals surface area (Å²) in [6.45, 7) is 3.62. The van der Waals surface area contributed by atoms with E-state index in [0.29, 0.717) is 5.56 Å². The summed E-state index contributed by atoms with van der Waals surface area (Å²) in [7, 11) is 0. The molecule has 0 saturated heterocycles. The third-order valence-corrected chi connectivity index (χ3v) is 2.67. The minimum Gasteiger partial charge on any atom is -0.502 e. The van der Waals surface area contributed by atoms with Crippen LogP contribution in [0.5, 0.6) is 5.75 Å². The Labute approximate surface area is 115 Å². The summed E-state index contributed by atoms with van der Waals surface area (Å²) in [5, 5.41) is 9.05. The van der Waals surface area contributed by atoms with Gasteiger partial charge in [-0.1, -0.05) is 17.2 Å². The van der Waals surface area contributed by atoms with Crippen LogP contribution < -0.4 is 5.43 Å². The van der Waals surface area contributed by atoms with Crippen molar-refractivity contribution in [2.45, 2.75) is 20.5 Å². The van der Waals surface area contributed by atoms with Crippen molar-refractivity contribution in [2.24, 2.45) is 0 Å². The summed E-state index contributed by atoms with van der Waals surface area (Å²) in [5.41, 5.74) is 1.80. The van der Waals surface area contributed by atoms with Crippen molar-refractivity contribution in [2.75, 3.05) is 0 Å². The van der Waals surface area contributed by atoms with E-state index in [1.807, 2.05) is 19.9 Å². The van der Waals surface area contributed by atoms with E-state index in [4.69, 9.17) is 14.3 Å². The van der Waals surface area contributed by atoms with Crippen molar-refractivity contribution >= 4 is 5.97 Å². The number of aryl methyl sites for hydroxylation is 2. The standard InChI is InChI=1S/C15H14O5/c1-9-3-10(2)5-11(4-9)15(18)20-7-12-6-13(16)14(17)8-19-12/h3-6,8,17H,7H2,1-2H3. The number of ether oxygens (including phenoxy) is 1. The molecule has 20 heavy (non-hydrogen) atoms. The molecule has 0 fully saturated rings. The van der Waals surface area contributed by atoms with Gasteiger partial charge in [0.1, 0.15) is 18.6 Å². The molecule has 2 rings (SSSR count). The van der Waals surface area contributed by atoms with Crippen LogP contribution in [0.3, 0.4) is 0 Å².